The van der Waals surface area contributed by atoms with Gasteiger partial charge in [0.15, 0.2) is 11.5 Å². The fourth-order valence-electron chi connectivity index (χ4n) is 3.97. The molecule has 0 saturated carbocycles. The standard InChI is InChI=1S/C18H19FN8O/c19-12-9-22-14-8-18(23-10-12)3-1-6-26(18)15-2-7-27-16(25-15)13(11-24-27)17(28)21-5-4-20-14/h2,7,9-11H,1,3-6,8H2,(H,20,22)(H,21,28)/b12-9+,23-10?/t18-/m0/s1. The normalized spacial score (nSPS) is 26.6. The highest BCUT2D eigenvalue weighted by atomic mass is 19.1. The van der Waals surface area contributed by atoms with E-state index in [9.17, 15) is 9.18 Å². The molecule has 2 N–H and O–H groups in total. The summed E-state index contributed by atoms with van der Waals surface area (Å²) in [5.74, 6) is 0.610. The van der Waals surface area contributed by atoms with Crippen LogP contribution < -0.4 is 15.5 Å². The number of aromatic nitrogens is 3. The summed E-state index contributed by atoms with van der Waals surface area (Å²) in [5.41, 5.74) is 0.222. The molecular weight excluding hydrogens is 363 g/mol. The average molecular weight is 382 g/mol. The van der Waals surface area contributed by atoms with Gasteiger partial charge in [-0.05, 0) is 18.9 Å². The van der Waals surface area contributed by atoms with E-state index in [1.165, 1.54) is 18.6 Å². The van der Waals surface area contributed by atoms with Crippen molar-refractivity contribution < 1.29 is 9.18 Å². The minimum Gasteiger partial charge on any atom is -0.350 e. The number of hydrogen-bond acceptors (Lipinski definition) is 7. The largest absolute Gasteiger partial charge is 0.350 e. The predicted molar refractivity (Wildman–Crippen MR) is 102 cm³/mol. The van der Waals surface area contributed by atoms with Crippen molar-refractivity contribution in [2.24, 2.45) is 9.98 Å². The van der Waals surface area contributed by atoms with E-state index in [2.05, 4.69) is 30.6 Å². The van der Waals surface area contributed by atoms with Crippen molar-refractivity contribution >= 4 is 29.4 Å². The highest BCUT2D eigenvalue weighted by Crippen LogP contribution is 2.38. The molecule has 3 aliphatic rings. The Hall–Kier alpha value is -3.30. The van der Waals surface area contributed by atoms with Gasteiger partial charge in [0.05, 0.1) is 19.0 Å². The molecule has 1 spiro atoms. The van der Waals surface area contributed by atoms with Gasteiger partial charge in [0, 0.05) is 31.9 Å². The van der Waals surface area contributed by atoms with Gasteiger partial charge in [0.25, 0.3) is 5.91 Å². The van der Waals surface area contributed by atoms with Crippen LogP contribution in [0, 0.1) is 0 Å². The summed E-state index contributed by atoms with van der Waals surface area (Å²) in [6.45, 7) is 1.46. The SMILES string of the molecule is O=C1NCCN=C2C[C@@]3(CCCN3c3ccn4ncc1c4n3)N=C/C(F)=C\N2. The molecule has 1 saturated heterocycles. The van der Waals surface area contributed by atoms with Crippen LogP contribution in [0.1, 0.15) is 29.6 Å². The summed E-state index contributed by atoms with van der Waals surface area (Å²) in [7, 11) is 0. The van der Waals surface area contributed by atoms with Crippen LogP contribution >= 0.6 is 0 Å². The zero-order valence-electron chi connectivity index (χ0n) is 15.1. The Morgan fingerprint density at radius 3 is 3.18 bits per heavy atom. The maximum absolute atomic E-state index is 14.1. The van der Waals surface area contributed by atoms with Crippen LogP contribution in [0.4, 0.5) is 10.2 Å². The maximum atomic E-state index is 14.1. The van der Waals surface area contributed by atoms with E-state index in [1.54, 1.807) is 10.7 Å². The van der Waals surface area contributed by atoms with Crippen LogP contribution in [0.25, 0.3) is 5.65 Å². The first-order valence-electron chi connectivity index (χ1n) is 9.26. The Balaban J connectivity index is 1.69. The van der Waals surface area contributed by atoms with Gasteiger partial charge >= 0.3 is 0 Å². The van der Waals surface area contributed by atoms with Crippen LogP contribution in [-0.4, -0.2) is 57.9 Å². The van der Waals surface area contributed by atoms with Crippen LogP contribution in [0.2, 0.25) is 0 Å². The molecule has 5 rings (SSSR count). The van der Waals surface area contributed by atoms with E-state index in [-0.39, 0.29) is 5.91 Å². The fraction of sp³-hybridized carbons (Fsp3) is 0.389. The molecule has 10 heteroatoms. The Bertz CT molecular complexity index is 1040. The van der Waals surface area contributed by atoms with E-state index < -0.39 is 11.5 Å². The van der Waals surface area contributed by atoms with Crippen LogP contribution in [-0.2, 0) is 0 Å². The third-order valence-corrected chi connectivity index (χ3v) is 5.29. The number of halogens is 1. The molecule has 2 aromatic heterocycles. The van der Waals surface area contributed by atoms with E-state index in [0.29, 0.717) is 42.4 Å². The lowest BCUT2D eigenvalue weighted by atomic mass is 10.0. The fourth-order valence-corrected chi connectivity index (χ4v) is 3.97. The van der Waals surface area contributed by atoms with Gasteiger partial charge in [-0.1, -0.05) is 0 Å². The lowest BCUT2D eigenvalue weighted by Crippen LogP contribution is -2.47. The highest BCUT2D eigenvalue weighted by Gasteiger charge is 2.43. The zero-order chi connectivity index (χ0) is 19.1. The first-order valence-corrected chi connectivity index (χ1v) is 9.26. The number of hydrogen-bond donors (Lipinski definition) is 2. The monoisotopic (exact) mass is 382 g/mol. The molecular formula is C18H19FN8O. The van der Waals surface area contributed by atoms with Crippen LogP contribution in [0.3, 0.4) is 0 Å². The van der Waals surface area contributed by atoms with Gasteiger partial charge in [0.2, 0.25) is 0 Å². The molecule has 28 heavy (non-hydrogen) atoms. The summed E-state index contributed by atoms with van der Waals surface area (Å²) >= 11 is 0. The smallest absolute Gasteiger partial charge is 0.256 e. The highest BCUT2D eigenvalue weighted by molar-refractivity contribution is 5.99. The van der Waals surface area contributed by atoms with Gasteiger partial charge < -0.3 is 15.5 Å². The van der Waals surface area contributed by atoms with Crippen molar-refractivity contribution in [3.8, 4) is 0 Å². The minimum absolute atomic E-state index is 0.246. The molecule has 144 valence electrons. The number of aliphatic imine (C=N–C) groups is 2. The van der Waals surface area contributed by atoms with Crippen LogP contribution in [0.15, 0.2) is 40.5 Å². The van der Waals surface area contributed by atoms with Crippen LogP contribution in [0.5, 0.6) is 0 Å². The van der Waals surface area contributed by atoms with Crippen molar-refractivity contribution in [2.45, 2.75) is 24.9 Å². The van der Waals surface area contributed by atoms with E-state index in [4.69, 9.17) is 4.98 Å². The minimum atomic E-state index is -0.672. The van der Waals surface area contributed by atoms with Crippen molar-refractivity contribution in [3.05, 3.63) is 36.1 Å². The first kappa shape index (κ1) is 16.8. The van der Waals surface area contributed by atoms with Crippen molar-refractivity contribution in [1.29, 1.82) is 0 Å². The van der Waals surface area contributed by atoms with E-state index in [1.807, 2.05) is 6.07 Å². The van der Waals surface area contributed by atoms with Crippen molar-refractivity contribution in [3.63, 3.8) is 0 Å². The molecule has 0 unspecified atom stereocenters. The molecule has 0 aliphatic carbocycles. The molecule has 0 radical (unpaired) electrons. The molecule has 1 atom stereocenters. The Morgan fingerprint density at radius 1 is 1.32 bits per heavy atom. The van der Waals surface area contributed by atoms with Gasteiger partial charge in [-0.3, -0.25) is 14.8 Å². The second kappa shape index (κ2) is 6.39. The lowest BCUT2D eigenvalue weighted by molar-refractivity contribution is 0.0956. The molecule has 2 aromatic rings. The quantitative estimate of drug-likeness (QED) is 0.709. The summed E-state index contributed by atoms with van der Waals surface area (Å²) in [6, 6.07) is 1.85. The molecule has 9 nitrogen and oxygen atoms in total. The number of allylic oxidation sites excluding steroid dienone is 1. The molecule has 3 aliphatic heterocycles. The molecule has 0 aromatic carbocycles. The number of nitrogens with one attached hydrogen (secondary N) is 2. The first-order chi connectivity index (χ1) is 13.6. The van der Waals surface area contributed by atoms with Gasteiger partial charge in [-0.2, -0.15) is 5.10 Å². The lowest BCUT2D eigenvalue weighted by Gasteiger charge is -2.36. The predicted octanol–water partition coefficient (Wildman–Crippen LogP) is 1.04. The zero-order valence-corrected chi connectivity index (χ0v) is 15.1. The number of nitrogens with zero attached hydrogens (tertiary/aromatic N) is 6. The number of carbonyl (C=O) groups is 1. The summed E-state index contributed by atoms with van der Waals surface area (Å²) < 4.78 is 15.6. The Morgan fingerprint density at radius 2 is 2.25 bits per heavy atom. The summed E-state index contributed by atoms with van der Waals surface area (Å²) in [4.78, 5) is 28.5. The van der Waals surface area contributed by atoms with Crippen molar-refractivity contribution in [2.75, 3.05) is 24.5 Å². The molecule has 1 fully saturated rings. The molecule has 5 heterocycles. The molecule has 4 bridgehead atoms. The van der Waals surface area contributed by atoms with Gasteiger partial charge in [0.1, 0.15) is 22.9 Å². The third-order valence-electron chi connectivity index (χ3n) is 5.29. The average Bonchev–Trinajstić information content (AvgIpc) is 3.29. The Kier molecular flexibility index (Phi) is 3.85. The number of amidine groups is 1. The number of anilines is 1. The third kappa shape index (κ3) is 2.72. The summed E-state index contributed by atoms with van der Waals surface area (Å²) in [6.07, 6.45) is 7.96. The van der Waals surface area contributed by atoms with Crippen molar-refractivity contribution in [1.82, 2.24) is 25.2 Å². The second-order valence-electron chi connectivity index (χ2n) is 7.04. The number of amides is 1. The second-order valence-corrected chi connectivity index (χ2v) is 7.04. The van der Waals surface area contributed by atoms with Gasteiger partial charge in [-0.15, -0.1) is 0 Å². The summed E-state index contributed by atoms with van der Waals surface area (Å²) in [5, 5.41) is 10.0. The number of carbonyl (C=O) groups excluding carboxylic acids is 1. The number of fused-ring (bicyclic) bond motifs is 3. The Labute approximate surface area is 160 Å². The van der Waals surface area contributed by atoms with Gasteiger partial charge in [-0.25, -0.2) is 13.9 Å². The van der Waals surface area contributed by atoms with E-state index >= 15 is 0 Å². The van der Waals surface area contributed by atoms with E-state index in [0.717, 1.165) is 19.4 Å². The maximum Gasteiger partial charge on any atom is 0.256 e. The number of rotatable bonds is 0. The molecule has 1 amide bonds. The topological polar surface area (TPSA) is 99.3 Å².